The molecule has 0 aliphatic rings. The maximum atomic E-state index is 13.3. The first-order chi connectivity index (χ1) is 12.5. The van der Waals surface area contributed by atoms with E-state index < -0.39 is 31.7 Å². The summed E-state index contributed by atoms with van der Waals surface area (Å²) in [6, 6.07) is 6.59. The summed E-state index contributed by atoms with van der Waals surface area (Å²) in [5.41, 5.74) is 0. The van der Waals surface area contributed by atoms with Gasteiger partial charge in [0, 0.05) is 0 Å². The predicted octanol–water partition coefficient (Wildman–Crippen LogP) is 3.03. The summed E-state index contributed by atoms with van der Waals surface area (Å²) >= 11 is 0. The van der Waals surface area contributed by atoms with Crippen molar-refractivity contribution < 1.29 is 28.2 Å². The van der Waals surface area contributed by atoms with Crippen LogP contribution in [0.4, 0.5) is 0 Å². The van der Waals surface area contributed by atoms with Gasteiger partial charge < -0.3 is 14.0 Å². The Morgan fingerprint density at radius 2 is 1.22 bits per heavy atom. The standard InChI is InChI=1S/C18H29N2O6P/c1-12(2)24-17(21)14(5)19-27(23,26-16-10-8-7-9-11-16)20-15(6)18(22)25-13(3)4/h7-15H,1-6H3,(H2,19,20,23)/t14-,15-/m1/s1. The molecule has 9 heteroatoms. The molecule has 0 spiro atoms. The van der Waals surface area contributed by atoms with Crippen LogP contribution in [-0.4, -0.2) is 36.2 Å². The fourth-order valence-corrected chi connectivity index (χ4v) is 3.83. The molecule has 0 aromatic heterocycles. The molecule has 0 radical (unpaired) electrons. The van der Waals surface area contributed by atoms with Crippen molar-refractivity contribution in [3.63, 3.8) is 0 Å². The Labute approximate surface area is 160 Å². The maximum absolute atomic E-state index is 13.3. The van der Waals surface area contributed by atoms with Gasteiger partial charge in [-0.2, -0.15) is 0 Å². The Morgan fingerprint density at radius 3 is 1.59 bits per heavy atom. The summed E-state index contributed by atoms with van der Waals surface area (Å²) < 4.78 is 29.1. The quantitative estimate of drug-likeness (QED) is 0.456. The third kappa shape index (κ3) is 8.56. The lowest BCUT2D eigenvalue weighted by Crippen LogP contribution is -2.43. The number of hydrogen-bond donors (Lipinski definition) is 2. The SMILES string of the molecule is CC(C)OC(=O)[C@@H](C)NP(=O)(N[C@H](C)C(=O)OC(C)C)Oc1ccccc1. The molecule has 27 heavy (non-hydrogen) atoms. The average Bonchev–Trinajstić information content (AvgIpc) is 2.53. The van der Waals surface area contributed by atoms with Crippen LogP contribution in [0.25, 0.3) is 0 Å². The van der Waals surface area contributed by atoms with E-state index in [-0.39, 0.29) is 12.2 Å². The van der Waals surface area contributed by atoms with Crippen LogP contribution >= 0.6 is 7.67 Å². The van der Waals surface area contributed by atoms with E-state index in [2.05, 4.69) is 10.2 Å². The molecule has 0 heterocycles. The molecule has 2 atom stereocenters. The van der Waals surface area contributed by atoms with Crippen LogP contribution in [0.3, 0.4) is 0 Å². The third-order valence-electron chi connectivity index (χ3n) is 3.12. The van der Waals surface area contributed by atoms with Crippen molar-refractivity contribution >= 4 is 19.6 Å². The first-order valence-corrected chi connectivity index (χ1v) is 10.5. The van der Waals surface area contributed by atoms with Crippen molar-refractivity contribution in [1.82, 2.24) is 10.2 Å². The Bertz CT molecular complexity index is 631. The minimum atomic E-state index is -3.85. The zero-order chi connectivity index (χ0) is 20.6. The highest BCUT2D eigenvalue weighted by molar-refractivity contribution is 7.55. The third-order valence-corrected chi connectivity index (χ3v) is 5.04. The van der Waals surface area contributed by atoms with Crippen LogP contribution in [0.5, 0.6) is 5.75 Å². The van der Waals surface area contributed by atoms with E-state index in [0.29, 0.717) is 5.75 Å². The number of nitrogens with one attached hydrogen (secondary N) is 2. The van der Waals surface area contributed by atoms with Crippen molar-refractivity contribution in [3.8, 4) is 5.75 Å². The number of ether oxygens (including phenoxy) is 2. The van der Waals surface area contributed by atoms with E-state index in [1.165, 1.54) is 13.8 Å². The van der Waals surface area contributed by atoms with Crippen molar-refractivity contribution in [3.05, 3.63) is 30.3 Å². The second-order valence-corrected chi connectivity index (χ2v) is 8.43. The summed E-state index contributed by atoms with van der Waals surface area (Å²) in [5, 5.41) is 5.25. The number of rotatable bonds is 10. The zero-order valence-corrected chi connectivity index (χ0v) is 17.5. The van der Waals surface area contributed by atoms with Gasteiger partial charge in [-0.3, -0.25) is 9.59 Å². The van der Waals surface area contributed by atoms with Crippen molar-refractivity contribution in [2.45, 2.75) is 65.8 Å². The van der Waals surface area contributed by atoms with E-state index in [9.17, 15) is 14.2 Å². The van der Waals surface area contributed by atoms with E-state index in [4.69, 9.17) is 14.0 Å². The van der Waals surface area contributed by atoms with Gasteiger partial charge in [0.25, 0.3) is 0 Å². The zero-order valence-electron chi connectivity index (χ0n) is 16.6. The van der Waals surface area contributed by atoms with Crippen molar-refractivity contribution in [2.75, 3.05) is 0 Å². The van der Waals surface area contributed by atoms with Gasteiger partial charge >= 0.3 is 19.6 Å². The maximum Gasteiger partial charge on any atom is 0.391 e. The molecular weight excluding hydrogens is 371 g/mol. The van der Waals surface area contributed by atoms with Gasteiger partial charge in [0.15, 0.2) is 0 Å². The lowest BCUT2D eigenvalue weighted by molar-refractivity contribution is -0.149. The molecule has 0 aliphatic heterocycles. The predicted molar refractivity (Wildman–Crippen MR) is 102 cm³/mol. The molecule has 1 rings (SSSR count). The summed E-state index contributed by atoms with van der Waals surface area (Å²) in [4.78, 5) is 24.1. The monoisotopic (exact) mass is 400 g/mol. The number of benzene rings is 1. The second kappa shape index (κ2) is 10.4. The highest BCUT2D eigenvalue weighted by Crippen LogP contribution is 2.40. The molecule has 0 fully saturated rings. The van der Waals surface area contributed by atoms with Crippen LogP contribution in [0.2, 0.25) is 0 Å². The number of esters is 2. The molecule has 1 aromatic carbocycles. The van der Waals surface area contributed by atoms with Crippen LogP contribution in [0.15, 0.2) is 30.3 Å². The van der Waals surface area contributed by atoms with Gasteiger partial charge in [-0.05, 0) is 53.7 Å². The number of para-hydroxylation sites is 1. The first kappa shape index (κ1) is 23.1. The fourth-order valence-electron chi connectivity index (χ4n) is 2.00. The highest BCUT2D eigenvalue weighted by Gasteiger charge is 2.34. The first-order valence-electron chi connectivity index (χ1n) is 8.83. The second-order valence-electron chi connectivity index (χ2n) is 6.63. The lowest BCUT2D eigenvalue weighted by Gasteiger charge is -2.26. The van der Waals surface area contributed by atoms with Crippen LogP contribution < -0.4 is 14.7 Å². The normalized spacial score (nSPS) is 13.9. The largest absolute Gasteiger partial charge is 0.462 e. The number of hydrogen-bond acceptors (Lipinski definition) is 6. The molecule has 0 amide bonds. The van der Waals surface area contributed by atoms with Gasteiger partial charge in [0.05, 0.1) is 12.2 Å². The Kier molecular flexibility index (Phi) is 8.96. The van der Waals surface area contributed by atoms with Crippen molar-refractivity contribution in [1.29, 1.82) is 0 Å². The summed E-state index contributed by atoms with van der Waals surface area (Å²) in [6.45, 7) is 9.87. The molecule has 0 saturated heterocycles. The molecule has 8 nitrogen and oxygen atoms in total. The van der Waals surface area contributed by atoms with Gasteiger partial charge in [-0.15, -0.1) is 0 Å². The summed E-state index contributed by atoms with van der Waals surface area (Å²) in [7, 11) is -3.85. The molecule has 0 bridgehead atoms. The average molecular weight is 400 g/mol. The Morgan fingerprint density at radius 1 is 0.815 bits per heavy atom. The Balaban J connectivity index is 2.96. The van der Waals surface area contributed by atoms with E-state index in [0.717, 1.165) is 0 Å². The van der Waals surface area contributed by atoms with E-state index >= 15 is 0 Å². The molecule has 0 saturated carbocycles. The topological polar surface area (TPSA) is 103 Å². The lowest BCUT2D eigenvalue weighted by atomic mass is 10.3. The van der Waals surface area contributed by atoms with Gasteiger partial charge in [0.1, 0.15) is 17.8 Å². The fraction of sp³-hybridized carbons (Fsp3) is 0.556. The minimum absolute atomic E-state index is 0.315. The van der Waals surface area contributed by atoms with Gasteiger partial charge in [-0.1, -0.05) is 18.2 Å². The minimum Gasteiger partial charge on any atom is -0.462 e. The van der Waals surface area contributed by atoms with Crippen LogP contribution in [0, 0.1) is 0 Å². The summed E-state index contributed by atoms with van der Waals surface area (Å²) in [6.07, 6.45) is -0.631. The molecule has 0 unspecified atom stereocenters. The molecule has 2 N–H and O–H groups in total. The Hall–Kier alpha value is -1.89. The summed E-state index contributed by atoms with van der Waals surface area (Å²) in [5.74, 6) is -0.850. The van der Waals surface area contributed by atoms with Gasteiger partial charge in [0.2, 0.25) is 0 Å². The van der Waals surface area contributed by atoms with Gasteiger partial charge in [-0.25, -0.2) is 14.7 Å². The highest BCUT2D eigenvalue weighted by atomic mass is 31.2. The van der Waals surface area contributed by atoms with Crippen LogP contribution in [0.1, 0.15) is 41.5 Å². The van der Waals surface area contributed by atoms with Crippen molar-refractivity contribution in [2.24, 2.45) is 0 Å². The van der Waals surface area contributed by atoms with Crippen LogP contribution in [-0.2, 0) is 23.6 Å². The molecule has 0 aliphatic carbocycles. The number of carbonyl (C=O) groups is 2. The molecule has 1 aromatic rings. The van der Waals surface area contributed by atoms with E-state index in [1.807, 2.05) is 0 Å². The van der Waals surface area contributed by atoms with E-state index in [1.54, 1.807) is 58.0 Å². The smallest absolute Gasteiger partial charge is 0.391 e. The molecular formula is C18H29N2O6P. The number of carbonyl (C=O) groups excluding carboxylic acids is 2. The molecule has 152 valence electrons.